The van der Waals surface area contributed by atoms with Gasteiger partial charge in [-0.3, -0.25) is 9.59 Å². The van der Waals surface area contributed by atoms with Gasteiger partial charge in [-0.05, 0) is 12.8 Å². The zero-order chi connectivity index (χ0) is 26.4. The second kappa shape index (κ2) is 21.3. The molecule has 35 heavy (non-hydrogen) atoms. The van der Waals surface area contributed by atoms with Gasteiger partial charge in [0.1, 0.15) is 17.0 Å². The van der Waals surface area contributed by atoms with Gasteiger partial charge in [-0.25, -0.2) is 0 Å². The number of ketones is 2. The average molecular weight is 499 g/mol. The van der Waals surface area contributed by atoms with Crippen LogP contribution in [0.1, 0.15) is 149 Å². The molecule has 5 heteroatoms. The Morgan fingerprint density at radius 2 is 0.771 bits per heavy atom. The molecular formula is C30H58O5. The lowest BCUT2D eigenvalue weighted by atomic mass is 9.59. The van der Waals surface area contributed by atoms with Crippen molar-refractivity contribution in [3.8, 4) is 0 Å². The first kappa shape index (κ1) is 34.2. The van der Waals surface area contributed by atoms with Gasteiger partial charge >= 0.3 is 0 Å². The summed E-state index contributed by atoms with van der Waals surface area (Å²) in [6.45, 7) is 4.28. The molecule has 0 radical (unpaired) electrons. The lowest BCUT2D eigenvalue weighted by Crippen LogP contribution is -2.57. The number of aliphatic hydroxyl groups is 3. The molecule has 0 saturated carbocycles. The first-order chi connectivity index (χ1) is 16.9. The number of carbonyl (C=O) groups excluding carboxylic acids is 2. The maximum atomic E-state index is 13.4. The van der Waals surface area contributed by atoms with E-state index in [9.17, 15) is 24.9 Å². The zero-order valence-electron chi connectivity index (χ0n) is 23.4. The summed E-state index contributed by atoms with van der Waals surface area (Å²) >= 11 is 0. The van der Waals surface area contributed by atoms with E-state index in [2.05, 4.69) is 13.8 Å². The quantitative estimate of drug-likeness (QED) is 0.0887. The Labute approximate surface area is 216 Å². The Hall–Kier alpha value is -0.780. The average Bonchev–Trinajstić information content (AvgIpc) is 2.87. The summed E-state index contributed by atoms with van der Waals surface area (Å²) in [6.07, 6.45) is 20.7. The highest BCUT2D eigenvalue weighted by Crippen LogP contribution is 2.43. The zero-order valence-corrected chi connectivity index (χ0v) is 23.4. The maximum absolute atomic E-state index is 13.4. The molecule has 0 aliphatic heterocycles. The lowest BCUT2D eigenvalue weighted by molar-refractivity contribution is -0.162. The molecule has 0 unspecified atom stereocenters. The Bertz CT molecular complexity index is 493. The molecule has 0 aliphatic carbocycles. The van der Waals surface area contributed by atoms with E-state index in [1.807, 2.05) is 0 Å². The van der Waals surface area contributed by atoms with Crippen LogP contribution in [0.3, 0.4) is 0 Å². The van der Waals surface area contributed by atoms with Crippen molar-refractivity contribution in [2.24, 2.45) is 10.8 Å². The highest BCUT2D eigenvalue weighted by atomic mass is 16.3. The molecule has 0 spiro atoms. The molecule has 5 nitrogen and oxygen atoms in total. The molecule has 0 aromatic carbocycles. The monoisotopic (exact) mass is 498 g/mol. The number of aliphatic hydroxyl groups excluding tert-OH is 3. The molecule has 0 aromatic rings. The number of hydrogen-bond acceptors (Lipinski definition) is 5. The van der Waals surface area contributed by atoms with Crippen molar-refractivity contribution in [3.05, 3.63) is 0 Å². The Morgan fingerprint density at radius 1 is 0.486 bits per heavy atom. The van der Waals surface area contributed by atoms with E-state index < -0.39 is 30.7 Å². The summed E-state index contributed by atoms with van der Waals surface area (Å²) < 4.78 is 0. The predicted octanol–water partition coefficient (Wildman–Crippen LogP) is 6.94. The van der Waals surface area contributed by atoms with Gasteiger partial charge in [0.15, 0.2) is 0 Å². The van der Waals surface area contributed by atoms with E-state index in [0.717, 1.165) is 38.5 Å². The van der Waals surface area contributed by atoms with E-state index in [0.29, 0.717) is 12.8 Å². The summed E-state index contributed by atoms with van der Waals surface area (Å²) in [4.78, 5) is 26.7. The van der Waals surface area contributed by atoms with Crippen molar-refractivity contribution >= 4 is 11.6 Å². The molecule has 0 fully saturated rings. The van der Waals surface area contributed by atoms with Gasteiger partial charge in [0.2, 0.25) is 0 Å². The molecule has 0 amide bonds. The second-order valence-corrected chi connectivity index (χ2v) is 10.9. The third-order valence-electron chi connectivity index (χ3n) is 7.93. The van der Waals surface area contributed by atoms with Gasteiger partial charge in [0, 0.05) is 18.3 Å². The molecule has 0 aromatic heterocycles. The summed E-state index contributed by atoms with van der Waals surface area (Å²) in [5.41, 5.74) is -3.09. The van der Waals surface area contributed by atoms with Crippen LogP contribution in [0.25, 0.3) is 0 Å². The fourth-order valence-electron chi connectivity index (χ4n) is 5.14. The number of unbranched alkanes of at least 4 members (excludes halogenated alkanes) is 16. The fourth-order valence-corrected chi connectivity index (χ4v) is 5.14. The van der Waals surface area contributed by atoms with Crippen molar-refractivity contribution in [3.63, 3.8) is 0 Å². The molecule has 208 valence electrons. The van der Waals surface area contributed by atoms with E-state index in [4.69, 9.17) is 0 Å². The minimum Gasteiger partial charge on any atom is -0.396 e. The molecule has 3 N–H and O–H groups in total. The van der Waals surface area contributed by atoms with Crippen LogP contribution in [0.15, 0.2) is 0 Å². The Morgan fingerprint density at radius 3 is 1.03 bits per heavy atom. The molecule has 0 saturated heterocycles. The minimum atomic E-state index is -1.73. The van der Waals surface area contributed by atoms with Gasteiger partial charge < -0.3 is 15.3 Å². The van der Waals surface area contributed by atoms with Crippen LogP contribution >= 0.6 is 0 Å². The summed E-state index contributed by atoms with van der Waals surface area (Å²) in [6, 6.07) is 0. The van der Waals surface area contributed by atoms with Gasteiger partial charge in [-0.2, -0.15) is 0 Å². The molecule has 0 aliphatic rings. The van der Waals surface area contributed by atoms with E-state index in [1.165, 1.54) is 64.2 Å². The third-order valence-corrected chi connectivity index (χ3v) is 7.93. The number of hydrogen-bond donors (Lipinski definition) is 3. The van der Waals surface area contributed by atoms with Crippen molar-refractivity contribution in [1.29, 1.82) is 0 Å². The van der Waals surface area contributed by atoms with Gasteiger partial charge in [-0.1, -0.05) is 124 Å². The van der Waals surface area contributed by atoms with E-state index >= 15 is 0 Å². The van der Waals surface area contributed by atoms with E-state index in [1.54, 1.807) is 6.92 Å². The third kappa shape index (κ3) is 12.3. The highest BCUT2D eigenvalue weighted by molar-refractivity contribution is 6.08. The number of Topliss-reactive ketones (excluding diaryl/α,β-unsaturated/α-hetero) is 2. The van der Waals surface area contributed by atoms with Crippen LogP contribution in [0.2, 0.25) is 0 Å². The maximum Gasteiger partial charge on any atom is 0.149 e. The molecule has 0 atom stereocenters. The van der Waals surface area contributed by atoms with Gasteiger partial charge in [0.25, 0.3) is 0 Å². The van der Waals surface area contributed by atoms with Crippen LogP contribution in [0, 0.1) is 10.8 Å². The predicted molar refractivity (Wildman–Crippen MR) is 145 cm³/mol. The van der Waals surface area contributed by atoms with Crippen molar-refractivity contribution in [2.45, 2.75) is 149 Å². The fraction of sp³-hybridized carbons (Fsp3) is 0.933. The first-order valence-electron chi connectivity index (χ1n) is 14.8. The largest absolute Gasteiger partial charge is 0.396 e. The number of rotatable bonds is 26. The van der Waals surface area contributed by atoms with Crippen LogP contribution in [-0.4, -0.2) is 46.7 Å². The van der Waals surface area contributed by atoms with Crippen LogP contribution < -0.4 is 0 Å². The first-order valence-corrected chi connectivity index (χ1v) is 14.8. The van der Waals surface area contributed by atoms with Crippen LogP contribution in [0.5, 0.6) is 0 Å². The van der Waals surface area contributed by atoms with Gasteiger partial charge in [0.05, 0.1) is 19.8 Å². The molecule has 0 bridgehead atoms. The summed E-state index contributed by atoms with van der Waals surface area (Å²) in [5, 5.41) is 30.4. The summed E-state index contributed by atoms with van der Waals surface area (Å²) in [5.74, 6) is -0.649. The van der Waals surface area contributed by atoms with E-state index in [-0.39, 0.29) is 24.4 Å². The topological polar surface area (TPSA) is 94.8 Å². The van der Waals surface area contributed by atoms with Crippen molar-refractivity contribution < 1.29 is 24.9 Å². The molecular weight excluding hydrogens is 440 g/mol. The minimum absolute atomic E-state index is 0.204. The standard InChI is InChI=1S/C30H58O5/c1-4-6-8-10-12-14-16-18-20-22-27(34)30(26-33,29(3,24-31)25-32)28(35)23-21-19-17-15-13-11-9-7-5-2/h31-33H,4-26H2,1-3H3. The Kier molecular flexibility index (Phi) is 20.8. The van der Waals surface area contributed by atoms with Crippen molar-refractivity contribution in [1.82, 2.24) is 0 Å². The SMILES string of the molecule is CCCCCCCCCCCC(=O)C(CO)(C(=O)CCCCCCCCCCC)C(C)(CO)CO. The normalized spacial score (nSPS) is 12.3. The second-order valence-electron chi connectivity index (χ2n) is 10.9. The molecule has 0 heterocycles. The van der Waals surface area contributed by atoms with Gasteiger partial charge in [-0.15, -0.1) is 0 Å². The van der Waals surface area contributed by atoms with Crippen LogP contribution in [0.4, 0.5) is 0 Å². The smallest absolute Gasteiger partial charge is 0.149 e. The molecule has 0 rings (SSSR count). The van der Waals surface area contributed by atoms with Crippen LogP contribution in [-0.2, 0) is 9.59 Å². The summed E-state index contributed by atoms with van der Waals surface area (Å²) in [7, 11) is 0. The highest BCUT2D eigenvalue weighted by Gasteiger charge is 2.56. The lowest BCUT2D eigenvalue weighted by Gasteiger charge is -2.43. The number of carbonyl (C=O) groups is 2. The van der Waals surface area contributed by atoms with Crippen molar-refractivity contribution in [2.75, 3.05) is 19.8 Å². The Balaban J connectivity index is 4.75.